The third-order valence-electron chi connectivity index (χ3n) is 20.5. The van der Waals surface area contributed by atoms with E-state index >= 15 is 0 Å². The van der Waals surface area contributed by atoms with Crippen molar-refractivity contribution >= 4 is 68.9 Å². The predicted molar refractivity (Wildman–Crippen MR) is 410 cm³/mol. The minimum Gasteiger partial charge on any atom is -0.369 e. The van der Waals surface area contributed by atoms with E-state index in [1.54, 1.807) is 62.4 Å². The number of amides is 6. The van der Waals surface area contributed by atoms with Crippen molar-refractivity contribution in [1.29, 1.82) is 0 Å². The van der Waals surface area contributed by atoms with Crippen molar-refractivity contribution in [2.45, 2.75) is 195 Å². The molecule has 528 valence electrons. The van der Waals surface area contributed by atoms with Gasteiger partial charge >= 0.3 is 0 Å². The van der Waals surface area contributed by atoms with Crippen molar-refractivity contribution in [1.82, 2.24) is 0 Å². The Hall–Kier alpha value is -9.42. The van der Waals surface area contributed by atoms with Crippen molar-refractivity contribution in [2.75, 3.05) is 0 Å². The van der Waals surface area contributed by atoms with Gasteiger partial charge in [0.15, 0.2) is 0 Å². The maximum absolute atomic E-state index is 12.0. The lowest BCUT2D eigenvalue weighted by Gasteiger charge is -2.22. The average Bonchev–Trinajstić information content (AvgIpc) is 1.36. The summed E-state index contributed by atoms with van der Waals surface area (Å²) in [5, 5.41) is 0. The van der Waals surface area contributed by atoms with Gasteiger partial charge in [-0.2, -0.15) is 0 Å². The molecule has 12 aliphatic carbocycles. The lowest BCUT2D eigenvalue weighted by molar-refractivity contribution is -0.121. The zero-order valence-corrected chi connectivity index (χ0v) is 57.9. The highest BCUT2D eigenvalue weighted by Crippen LogP contribution is 2.50. The molecule has 12 nitrogen and oxygen atoms in total. The SMILES string of the molecule is [2H]C1([2H])C2=C(Cc3ccc(C)cc32)[C@@H](C(N)=O)C([2H])([2H])C1([2H])[2H].[2H]C1([2H])C2=C(Cc3ccc(C)cc32)[C@@]([2H])(C(N)=O)C([2H])([2H])C1([2H])[2H].[2H]C1([2H])C2=C(Cc3ccc(C)cc32)[C@H](C(N)=O)C([2H])([2H])C1([2H])[2H].[2H]C1([2H])C2=C(Cc3ccc(C)cc32)[C@]([2H])(C(N)=O)C([2H])([2H])C1([2H])[2H].[2H][C@@]1(C(N)=O)CCCC2=C1Cc1ccc(C)cc12.[2H][C@]1(C(N)=O)CCCC2=C1Cc1ccc(C)cc12. The van der Waals surface area contributed by atoms with Crippen LogP contribution in [0.15, 0.2) is 143 Å². The second kappa shape index (κ2) is 29.9. The second-order valence-corrected chi connectivity index (χ2v) is 27.5. The fourth-order valence-electron chi connectivity index (χ4n) is 15.6. The monoisotopic (exact) mass is 1390 g/mol. The van der Waals surface area contributed by atoms with Gasteiger partial charge in [0, 0.05) is 38.4 Å². The van der Waals surface area contributed by atoms with Crippen molar-refractivity contribution in [3.8, 4) is 0 Å². The van der Waals surface area contributed by atoms with Gasteiger partial charge in [-0.25, -0.2) is 0 Å². The molecule has 12 aliphatic rings. The highest BCUT2D eigenvalue weighted by molar-refractivity contribution is 5.93. The molecular formula is C90H102N6O6. The number of aryl methyl sites for hydroxylation is 6. The molecular weight excluding hydrogens is 1260 g/mol. The van der Waals surface area contributed by atoms with Crippen LogP contribution in [-0.4, -0.2) is 35.4 Å². The summed E-state index contributed by atoms with van der Waals surface area (Å²) < 4.78 is 229. The maximum atomic E-state index is 12.0. The van der Waals surface area contributed by atoms with Gasteiger partial charge in [-0.15, -0.1) is 0 Å². The molecule has 0 unspecified atom stereocenters. The van der Waals surface area contributed by atoms with Gasteiger partial charge in [0.05, 0.1) is 35.4 Å². The summed E-state index contributed by atoms with van der Waals surface area (Å²) in [5.74, 6) is -16.2. The molecule has 6 atom stereocenters. The van der Waals surface area contributed by atoms with Crippen LogP contribution in [-0.2, 0) is 67.3 Å². The highest BCUT2D eigenvalue weighted by Gasteiger charge is 2.39. The van der Waals surface area contributed by atoms with E-state index in [4.69, 9.17) is 72.8 Å². The highest BCUT2D eigenvalue weighted by atomic mass is 16.2. The standard InChI is InChI=1S/6C15H17NO/c6*1-9-5-6-10-8-14-11(13(10)7-9)3-2-4-12(14)15(16)17/h6*5-7,12H,2-4,8H2,1H3,(H2,16,17)/t6*12-/m111000/s1/i2D2,3D2,4D2,12D;2D2,3D2,4D2;12D;2D2,3D2,4D2,12D;2D2,3D2,4D2;12D. The van der Waals surface area contributed by atoms with Gasteiger partial charge < -0.3 is 34.4 Å². The molecule has 6 aromatic carbocycles. The van der Waals surface area contributed by atoms with Crippen molar-refractivity contribution in [2.24, 2.45) is 69.8 Å². The van der Waals surface area contributed by atoms with Crippen LogP contribution in [0.5, 0.6) is 0 Å². The Balaban J connectivity index is 0.000000133. The fourth-order valence-corrected chi connectivity index (χ4v) is 15.6. The summed E-state index contributed by atoms with van der Waals surface area (Å²) in [5.41, 5.74) is 52.5. The van der Waals surface area contributed by atoms with Gasteiger partial charge in [0.2, 0.25) is 35.4 Å². The first kappa shape index (κ1) is 44.2. The molecule has 6 aromatic rings. The Morgan fingerprint density at radius 1 is 0.304 bits per heavy atom. The molecule has 18 rings (SSSR count). The minimum atomic E-state index is -3.12. The average molecular weight is 1390 g/mol. The van der Waals surface area contributed by atoms with Crippen molar-refractivity contribution in [3.63, 3.8) is 0 Å². The number of hydrogen-bond donors (Lipinski definition) is 6. The summed E-state index contributed by atoms with van der Waals surface area (Å²) in [6.07, 6.45) is -27.5. The zero-order chi connectivity index (χ0) is 97.2. The largest absolute Gasteiger partial charge is 0.369 e. The van der Waals surface area contributed by atoms with Gasteiger partial charge in [0.1, 0.15) is 0 Å². The van der Waals surface area contributed by atoms with Crippen LogP contribution in [0.4, 0.5) is 0 Å². The number of hydrogen-bond acceptors (Lipinski definition) is 6. The predicted octanol–water partition coefficient (Wildman–Crippen LogP) is 15.5. The van der Waals surface area contributed by atoms with E-state index in [-0.39, 0.29) is 70.3 Å². The molecule has 0 fully saturated rings. The lowest BCUT2D eigenvalue weighted by Crippen LogP contribution is -2.27. The maximum Gasteiger partial charge on any atom is 0.224 e. The lowest BCUT2D eigenvalue weighted by atomic mass is 9.82. The van der Waals surface area contributed by atoms with E-state index in [2.05, 4.69) is 50.2 Å². The number of nitrogens with two attached hydrogens (primary N) is 6. The van der Waals surface area contributed by atoms with Crippen LogP contribution < -0.4 is 34.4 Å². The van der Waals surface area contributed by atoms with Crippen LogP contribution in [0.25, 0.3) is 33.4 Å². The van der Waals surface area contributed by atoms with Crippen LogP contribution in [0.1, 0.15) is 254 Å². The van der Waals surface area contributed by atoms with Gasteiger partial charge in [-0.05, 0) is 329 Å². The first-order valence-electron chi connectivity index (χ1n) is 48.3. The molecule has 0 bridgehead atoms. The van der Waals surface area contributed by atoms with Crippen LogP contribution >= 0.6 is 0 Å². The number of allylic oxidation sites excluding steroid dienone is 6. The molecule has 12 N–H and O–H groups in total. The number of benzene rings is 6. The van der Waals surface area contributed by atoms with E-state index < -0.39 is 147 Å². The number of carbonyl (C=O) groups is 6. The third-order valence-corrected chi connectivity index (χ3v) is 20.5. The summed E-state index contributed by atoms with van der Waals surface area (Å²) in [7, 11) is 0. The molecule has 0 radical (unpaired) electrons. The number of carbonyl (C=O) groups excluding carboxylic acids is 6. The number of primary amides is 6. The van der Waals surface area contributed by atoms with E-state index in [9.17, 15) is 28.8 Å². The van der Waals surface area contributed by atoms with E-state index in [0.29, 0.717) is 46.2 Å². The number of rotatable bonds is 6. The summed E-state index contributed by atoms with van der Waals surface area (Å²) in [6.45, 7) is 11.4. The van der Waals surface area contributed by atoms with Gasteiger partial charge in [0.25, 0.3) is 0 Å². The Bertz CT molecular complexity index is 5770. The first-order valence-corrected chi connectivity index (χ1v) is 34.3. The molecule has 6 amide bonds. The minimum absolute atomic E-state index is 0.00644. The molecule has 0 aromatic heterocycles. The smallest absolute Gasteiger partial charge is 0.224 e. The second-order valence-electron chi connectivity index (χ2n) is 27.5. The molecule has 0 heterocycles. The molecule has 0 aliphatic heterocycles. The third kappa shape index (κ3) is 14.4. The van der Waals surface area contributed by atoms with Crippen molar-refractivity contribution in [3.05, 3.63) is 243 Å². The van der Waals surface area contributed by atoms with E-state index in [0.717, 1.165) is 83.1 Å². The molecule has 102 heavy (non-hydrogen) atoms. The van der Waals surface area contributed by atoms with Crippen LogP contribution in [0.3, 0.4) is 0 Å². The van der Waals surface area contributed by atoms with Gasteiger partial charge in [-0.3, -0.25) is 28.8 Å². The number of fused-ring (bicyclic) bond motifs is 12. The first-order chi connectivity index (χ1) is 59.5. The van der Waals surface area contributed by atoms with Crippen LogP contribution in [0.2, 0.25) is 0 Å². The Labute approximate surface area is 642 Å². The quantitative estimate of drug-likeness (QED) is 0.0944. The summed E-state index contributed by atoms with van der Waals surface area (Å²) in [6, 6.07) is 34.0. The zero-order valence-electron chi connectivity index (χ0n) is 85.9. The molecule has 0 spiro atoms. The summed E-state index contributed by atoms with van der Waals surface area (Å²) >= 11 is 0. The normalized spacial score (nSPS) is 35.2. The van der Waals surface area contributed by atoms with E-state index in [1.807, 2.05) is 38.1 Å². The fraction of sp³-hybridized carbons (Fsp3) is 0.400. The Morgan fingerprint density at radius 2 is 0.529 bits per heavy atom. The summed E-state index contributed by atoms with van der Waals surface area (Å²) in [4.78, 5) is 71.1. The Kier molecular flexibility index (Phi) is 12.9. The van der Waals surface area contributed by atoms with Crippen molar-refractivity contribution < 1.29 is 67.1 Å². The Morgan fingerprint density at radius 3 is 0.784 bits per heavy atom. The van der Waals surface area contributed by atoms with Gasteiger partial charge in [-0.1, -0.05) is 143 Å². The van der Waals surface area contributed by atoms with Crippen LogP contribution in [0, 0.1) is 77.0 Å². The molecule has 0 saturated heterocycles. The molecule has 0 saturated carbocycles. The topological polar surface area (TPSA) is 259 Å². The van der Waals surface area contributed by atoms with E-state index in [1.165, 1.54) is 44.5 Å². The molecule has 12 heteroatoms.